The average Bonchev–Trinajstić information content (AvgIpc) is 2.82. The van der Waals surface area contributed by atoms with Gasteiger partial charge in [-0.1, -0.05) is 0 Å². The van der Waals surface area contributed by atoms with E-state index in [9.17, 15) is 9.59 Å². The molecule has 0 radical (unpaired) electrons. The van der Waals surface area contributed by atoms with E-state index in [2.05, 4.69) is 10.2 Å². The van der Waals surface area contributed by atoms with E-state index in [4.69, 9.17) is 10.2 Å². The molecule has 7 heteroatoms. The number of carbonyl (C=O) groups is 2. The zero-order chi connectivity index (χ0) is 13.1. The lowest BCUT2D eigenvalue weighted by Crippen LogP contribution is -2.57. The van der Waals surface area contributed by atoms with Gasteiger partial charge in [0.2, 0.25) is 0 Å². The summed E-state index contributed by atoms with van der Waals surface area (Å²) in [7, 11) is 0. The van der Waals surface area contributed by atoms with E-state index < -0.39 is 24.6 Å². The highest BCUT2D eigenvalue weighted by atomic mass is 16.4. The minimum absolute atomic E-state index is 0.400. The Balaban J connectivity index is 1.87. The number of carboxylic acids is 1. The van der Waals surface area contributed by atoms with Gasteiger partial charge in [0.1, 0.15) is 0 Å². The Morgan fingerprint density at radius 1 is 1.33 bits per heavy atom. The molecule has 0 aromatic carbocycles. The lowest BCUT2D eigenvalue weighted by atomic mass is 10.1. The van der Waals surface area contributed by atoms with Crippen LogP contribution < -0.4 is 5.32 Å². The summed E-state index contributed by atoms with van der Waals surface area (Å²) < 4.78 is 0. The molecule has 2 saturated heterocycles. The van der Waals surface area contributed by atoms with Crippen LogP contribution in [-0.4, -0.2) is 76.9 Å². The second-order valence-corrected chi connectivity index (χ2v) is 4.80. The van der Waals surface area contributed by atoms with Crippen LogP contribution in [0.2, 0.25) is 0 Å². The Labute approximate surface area is 105 Å². The van der Waals surface area contributed by atoms with Crippen LogP contribution in [0.4, 0.5) is 4.79 Å². The number of carbonyl (C=O) groups excluding carboxylic acids is 1. The van der Waals surface area contributed by atoms with Crippen molar-refractivity contribution >= 4 is 12.0 Å². The van der Waals surface area contributed by atoms with E-state index in [1.165, 1.54) is 0 Å². The summed E-state index contributed by atoms with van der Waals surface area (Å²) in [6.45, 7) is 2.59. The number of aliphatic carboxylic acids is 1. The fraction of sp³-hybridized carbons (Fsp3) is 0.818. The van der Waals surface area contributed by atoms with Gasteiger partial charge in [-0.3, -0.25) is 4.90 Å². The molecule has 7 nitrogen and oxygen atoms in total. The Hall–Kier alpha value is -1.34. The van der Waals surface area contributed by atoms with Crippen LogP contribution in [0.3, 0.4) is 0 Å². The van der Waals surface area contributed by atoms with Crippen LogP contribution in [0.15, 0.2) is 0 Å². The fourth-order valence-corrected chi connectivity index (χ4v) is 2.60. The molecule has 2 amide bonds. The molecule has 0 aliphatic carbocycles. The van der Waals surface area contributed by atoms with Crippen molar-refractivity contribution in [3.8, 4) is 0 Å². The van der Waals surface area contributed by atoms with E-state index in [0.29, 0.717) is 19.1 Å². The van der Waals surface area contributed by atoms with E-state index in [0.717, 1.165) is 25.9 Å². The lowest BCUT2D eigenvalue weighted by Gasteiger charge is -2.37. The molecule has 2 atom stereocenters. The molecule has 102 valence electrons. The number of nitrogens with one attached hydrogen (secondary N) is 1. The molecule has 2 rings (SSSR count). The summed E-state index contributed by atoms with van der Waals surface area (Å²) in [6, 6.07) is -1.22. The zero-order valence-electron chi connectivity index (χ0n) is 10.2. The Morgan fingerprint density at radius 3 is 2.78 bits per heavy atom. The molecule has 18 heavy (non-hydrogen) atoms. The van der Waals surface area contributed by atoms with E-state index in [-0.39, 0.29) is 0 Å². The Morgan fingerprint density at radius 2 is 2.11 bits per heavy atom. The number of hydrogen-bond acceptors (Lipinski definition) is 4. The minimum Gasteiger partial charge on any atom is -0.480 e. The van der Waals surface area contributed by atoms with E-state index in [1.807, 2.05) is 0 Å². The molecule has 0 saturated carbocycles. The zero-order valence-corrected chi connectivity index (χ0v) is 10.2. The SMILES string of the molecule is O=C(O)C(CO)NC(=O)N1CCN2CCCC2C1. The quantitative estimate of drug-likeness (QED) is 0.598. The van der Waals surface area contributed by atoms with Crippen molar-refractivity contribution in [2.24, 2.45) is 0 Å². The molecular formula is C11H19N3O4. The Kier molecular flexibility index (Phi) is 4.03. The first kappa shape index (κ1) is 13.1. The highest BCUT2D eigenvalue weighted by molar-refractivity contribution is 5.82. The second-order valence-electron chi connectivity index (χ2n) is 4.80. The number of carboxylic acid groups (broad SMARTS) is 1. The molecule has 3 N–H and O–H groups in total. The van der Waals surface area contributed by atoms with Gasteiger partial charge in [-0.05, 0) is 19.4 Å². The Bertz CT molecular complexity index is 336. The van der Waals surface area contributed by atoms with Crippen LogP contribution in [0.1, 0.15) is 12.8 Å². The third kappa shape index (κ3) is 2.73. The van der Waals surface area contributed by atoms with Crippen LogP contribution in [0, 0.1) is 0 Å². The smallest absolute Gasteiger partial charge is 0.328 e. The molecule has 2 fully saturated rings. The summed E-state index contributed by atoms with van der Waals surface area (Å²) in [5, 5.41) is 20.0. The lowest BCUT2D eigenvalue weighted by molar-refractivity contribution is -0.140. The van der Waals surface area contributed by atoms with E-state index in [1.54, 1.807) is 4.90 Å². The van der Waals surface area contributed by atoms with Gasteiger partial charge in [0, 0.05) is 25.7 Å². The maximum Gasteiger partial charge on any atom is 0.328 e. The van der Waals surface area contributed by atoms with Gasteiger partial charge in [-0.15, -0.1) is 0 Å². The molecule has 2 unspecified atom stereocenters. The molecule has 2 aliphatic heterocycles. The van der Waals surface area contributed by atoms with Gasteiger partial charge < -0.3 is 20.4 Å². The third-order valence-electron chi connectivity index (χ3n) is 3.65. The predicted molar refractivity (Wildman–Crippen MR) is 63.2 cm³/mol. The molecule has 2 heterocycles. The van der Waals surface area contributed by atoms with Gasteiger partial charge >= 0.3 is 12.0 Å². The van der Waals surface area contributed by atoms with Crippen molar-refractivity contribution in [3.63, 3.8) is 0 Å². The maximum atomic E-state index is 11.9. The topological polar surface area (TPSA) is 93.1 Å². The molecule has 0 spiro atoms. The highest BCUT2D eigenvalue weighted by Crippen LogP contribution is 2.21. The van der Waals surface area contributed by atoms with Crippen molar-refractivity contribution in [1.29, 1.82) is 0 Å². The number of urea groups is 1. The minimum atomic E-state index is -1.22. The van der Waals surface area contributed by atoms with Crippen molar-refractivity contribution in [2.75, 3.05) is 32.8 Å². The molecule has 2 aliphatic rings. The number of aliphatic hydroxyl groups is 1. The summed E-state index contributed by atoms with van der Waals surface area (Å²) in [5.74, 6) is -1.22. The molecular weight excluding hydrogens is 238 g/mol. The van der Waals surface area contributed by atoms with Crippen molar-refractivity contribution in [1.82, 2.24) is 15.1 Å². The van der Waals surface area contributed by atoms with Gasteiger partial charge in [0.05, 0.1) is 6.61 Å². The van der Waals surface area contributed by atoms with Gasteiger partial charge in [-0.2, -0.15) is 0 Å². The highest BCUT2D eigenvalue weighted by Gasteiger charge is 2.33. The maximum absolute atomic E-state index is 11.9. The van der Waals surface area contributed by atoms with E-state index >= 15 is 0 Å². The van der Waals surface area contributed by atoms with Crippen molar-refractivity contribution < 1.29 is 19.8 Å². The summed E-state index contributed by atoms with van der Waals surface area (Å²) in [4.78, 5) is 26.6. The first-order chi connectivity index (χ1) is 8.61. The monoisotopic (exact) mass is 257 g/mol. The second kappa shape index (κ2) is 5.53. The van der Waals surface area contributed by atoms with Crippen LogP contribution in [0.5, 0.6) is 0 Å². The third-order valence-corrected chi connectivity index (χ3v) is 3.65. The molecule has 0 bridgehead atoms. The molecule has 0 aromatic rings. The average molecular weight is 257 g/mol. The number of fused-ring (bicyclic) bond motifs is 1. The number of nitrogens with zero attached hydrogens (tertiary/aromatic N) is 2. The number of piperazine rings is 1. The largest absolute Gasteiger partial charge is 0.480 e. The van der Waals surface area contributed by atoms with Crippen LogP contribution in [0.25, 0.3) is 0 Å². The van der Waals surface area contributed by atoms with Crippen molar-refractivity contribution in [3.05, 3.63) is 0 Å². The number of amides is 2. The predicted octanol–water partition coefficient (Wildman–Crippen LogP) is -1.08. The normalized spacial score (nSPS) is 25.6. The number of hydrogen-bond donors (Lipinski definition) is 3. The van der Waals surface area contributed by atoms with Gasteiger partial charge in [-0.25, -0.2) is 9.59 Å². The first-order valence-corrected chi connectivity index (χ1v) is 6.25. The molecule has 0 aromatic heterocycles. The summed E-state index contributed by atoms with van der Waals surface area (Å²) in [6.07, 6.45) is 2.25. The van der Waals surface area contributed by atoms with Crippen LogP contribution >= 0.6 is 0 Å². The van der Waals surface area contributed by atoms with Crippen LogP contribution in [-0.2, 0) is 4.79 Å². The number of aliphatic hydroxyl groups excluding tert-OH is 1. The summed E-state index contributed by atoms with van der Waals surface area (Å²) >= 11 is 0. The first-order valence-electron chi connectivity index (χ1n) is 6.25. The van der Waals surface area contributed by atoms with Gasteiger partial charge in [0.25, 0.3) is 0 Å². The standard InChI is InChI=1S/C11H19N3O4/c15-7-9(10(16)17)12-11(18)14-5-4-13-3-1-2-8(13)6-14/h8-9,15H,1-7H2,(H,12,18)(H,16,17). The summed E-state index contributed by atoms with van der Waals surface area (Å²) in [5.41, 5.74) is 0. The number of rotatable bonds is 3. The fourth-order valence-electron chi connectivity index (χ4n) is 2.60. The van der Waals surface area contributed by atoms with Gasteiger partial charge in [0.15, 0.2) is 6.04 Å². The van der Waals surface area contributed by atoms with Crippen molar-refractivity contribution in [2.45, 2.75) is 24.9 Å².